The van der Waals surface area contributed by atoms with Gasteiger partial charge in [-0.3, -0.25) is 9.97 Å². The van der Waals surface area contributed by atoms with Crippen LogP contribution in [-0.2, 0) is 22.3 Å². The topological polar surface area (TPSA) is 84.7 Å². The third-order valence-corrected chi connectivity index (χ3v) is 3.36. The Bertz CT molecular complexity index is 410. The zero-order valence-corrected chi connectivity index (χ0v) is 10.0. The van der Waals surface area contributed by atoms with Gasteiger partial charge in [-0.25, -0.2) is 0 Å². The van der Waals surface area contributed by atoms with Crippen LogP contribution >= 0.6 is 0 Å². The van der Waals surface area contributed by atoms with E-state index in [0.717, 1.165) is 22.8 Å². The van der Waals surface area contributed by atoms with E-state index < -0.39 is 0 Å². The van der Waals surface area contributed by atoms with Crippen molar-refractivity contribution in [3.05, 3.63) is 22.8 Å². The Kier molecular flexibility index (Phi) is 3.25. The van der Waals surface area contributed by atoms with Crippen LogP contribution in [-0.4, -0.2) is 46.6 Å². The molecule has 2 aliphatic heterocycles. The Labute approximate surface area is 105 Å². The molecule has 2 atom stereocenters. The fourth-order valence-electron chi connectivity index (χ4n) is 2.45. The first-order chi connectivity index (χ1) is 8.83. The number of ether oxygens (including phenoxy) is 2. The highest BCUT2D eigenvalue weighted by Crippen LogP contribution is 2.29. The summed E-state index contributed by atoms with van der Waals surface area (Å²) in [5.41, 5.74) is 3.17. The lowest BCUT2D eigenvalue weighted by Gasteiger charge is -2.28. The second kappa shape index (κ2) is 4.89. The smallest absolute Gasteiger partial charge is 0.124 e. The van der Waals surface area contributed by atoms with Crippen LogP contribution in [0.5, 0.6) is 0 Å². The predicted octanol–water partition coefficient (Wildman–Crippen LogP) is -0.311. The third kappa shape index (κ3) is 1.91. The lowest BCUT2D eigenvalue weighted by atomic mass is 10.0. The van der Waals surface area contributed by atoms with Gasteiger partial charge in [-0.05, 0) is 0 Å². The Morgan fingerprint density at radius 2 is 1.33 bits per heavy atom. The highest BCUT2D eigenvalue weighted by atomic mass is 16.5. The average Bonchev–Trinajstić information content (AvgIpc) is 2.43. The molecule has 6 nitrogen and oxygen atoms in total. The van der Waals surface area contributed by atoms with Gasteiger partial charge in [0.15, 0.2) is 0 Å². The van der Waals surface area contributed by atoms with Crippen LogP contribution in [0.25, 0.3) is 0 Å². The highest BCUT2D eigenvalue weighted by molar-refractivity contribution is 5.26. The maximum Gasteiger partial charge on any atom is 0.124 e. The van der Waals surface area contributed by atoms with Gasteiger partial charge in [-0.1, -0.05) is 0 Å². The third-order valence-electron chi connectivity index (χ3n) is 3.36. The number of rotatable bonds is 2. The molecule has 6 heteroatoms. The fourth-order valence-corrected chi connectivity index (χ4v) is 2.45. The second-order valence-electron chi connectivity index (χ2n) is 4.47. The molecule has 18 heavy (non-hydrogen) atoms. The van der Waals surface area contributed by atoms with Crippen molar-refractivity contribution in [3.8, 4) is 0 Å². The molecule has 0 bridgehead atoms. The lowest BCUT2D eigenvalue weighted by Crippen LogP contribution is -2.28. The first-order valence-corrected chi connectivity index (χ1v) is 6.18. The van der Waals surface area contributed by atoms with Crippen molar-refractivity contribution in [1.29, 1.82) is 0 Å². The summed E-state index contributed by atoms with van der Waals surface area (Å²) in [5, 5.41) is 18.6. The molecule has 0 aromatic carbocycles. The van der Waals surface area contributed by atoms with Crippen molar-refractivity contribution in [3.63, 3.8) is 0 Å². The summed E-state index contributed by atoms with van der Waals surface area (Å²) in [6.45, 7) is 0.910. The molecule has 1 aromatic rings. The summed E-state index contributed by atoms with van der Waals surface area (Å²) in [4.78, 5) is 9.13. The van der Waals surface area contributed by atoms with E-state index in [4.69, 9.17) is 9.47 Å². The zero-order chi connectivity index (χ0) is 12.5. The Balaban J connectivity index is 2.05. The van der Waals surface area contributed by atoms with Gasteiger partial charge in [0, 0.05) is 12.8 Å². The van der Waals surface area contributed by atoms with E-state index in [0.29, 0.717) is 26.1 Å². The van der Waals surface area contributed by atoms with Crippen molar-refractivity contribution >= 4 is 0 Å². The van der Waals surface area contributed by atoms with Gasteiger partial charge in [0.05, 0.1) is 49.2 Å². The van der Waals surface area contributed by atoms with Gasteiger partial charge in [-0.2, -0.15) is 0 Å². The molecule has 98 valence electrons. The Morgan fingerprint density at radius 3 is 1.72 bits per heavy atom. The van der Waals surface area contributed by atoms with Gasteiger partial charge in [-0.15, -0.1) is 0 Å². The summed E-state index contributed by atoms with van der Waals surface area (Å²) < 4.78 is 10.9. The molecule has 0 amide bonds. The lowest BCUT2D eigenvalue weighted by molar-refractivity contribution is -0.00958. The molecule has 0 spiro atoms. The molecule has 3 rings (SSSR count). The van der Waals surface area contributed by atoms with E-state index in [-0.39, 0.29) is 25.4 Å². The molecule has 2 N–H and O–H groups in total. The molecular formula is C12H16N2O4. The number of fused-ring (bicyclic) bond motifs is 2. The predicted molar refractivity (Wildman–Crippen MR) is 61.0 cm³/mol. The summed E-state index contributed by atoms with van der Waals surface area (Å²) >= 11 is 0. The van der Waals surface area contributed by atoms with Crippen molar-refractivity contribution in [2.75, 3.05) is 26.4 Å². The number of aromatic nitrogens is 2. The number of nitrogens with zero attached hydrogens (tertiary/aromatic N) is 2. The molecule has 0 fully saturated rings. The Morgan fingerprint density at radius 1 is 0.889 bits per heavy atom. The van der Waals surface area contributed by atoms with Crippen LogP contribution in [0.15, 0.2) is 0 Å². The van der Waals surface area contributed by atoms with Crippen LogP contribution in [0.4, 0.5) is 0 Å². The minimum absolute atomic E-state index is 0.0829. The summed E-state index contributed by atoms with van der Waals surface area (Å²) in [6.07, 6.45) is 0.623. The first-order valence-electron chi connectivity index (χ1n) is 6.18. The number of aliphatic hydroxyl groups excluding tert-OH is 2. The van der Waals surface area contributed by atoms with E-state index >= 15 is 0 Å². The van der Waals surface area contributed by atoms with E-state index in [1.54, 1.807) is 0 Å². The molecule has 3 heterocycles. The number of aliphatic hydroxyl groups is 2. The molecule has 0 aliphatic carbocycles. The molecule has 0 saturated carbocycles. The number of hydrogen-bond donors (Lipinski definition) is 2. The molecule has 0 saturated heterocycles. The number of hydrogen-bond acceptors (Lipinski definition) is 6. The van der Waals surface area contributed by atoms with Crippen molar-refractivity contribution in [2.24, 2.45) is 0 Å². The largest absolute Gasteiger partial charge is 0.393 e. The van der Waals surface area contributed by atoms with Crippen LogP contribution in [0.3, 0.4) is 0 Å². The van der Waals surface area contributed by atoms with Gasteiger partial charge in [0.2, 0.25) is 0 Å². The minimum atomic E-state index is -0.373. The quantitative estimate of drug-likeness (QED) is 0.751. The summed E-state index contributed by atoms with van der Waals surface area (Å²) in [7, 11) is 0. The monoisotopic (exact) mass is 252 g/mol. The fraction of sp³-hybridized carbons (Fsp3) is 0.667. The van der Waals surface area contributed by atoms with E-state index in [1.807, 2.05) is 0 Å². The van der Waals surface area contributed by atoms with Crippen LogP contribution in [0, 0.1) is 0 Å². The van der Waals surface area contributed by atoms with Crippen molar-refractivity contribution in [1.82, 2.24) is 9.97 Å². The normalized spacial score (nSPS) is 26.6. The van der Waals surface area contributed by atoms with Gasteiger partial charge in [0.25, 0.3) is 0 Å². The molecular weight excluding hydrogens is 236 g/mol. The zero-order valence-electron chi connectivity index (χ0n) is 10.0. The average molecular weight is 252 g/mol. The molecule has 0 radical (unpaired) electrons. The van der Waals surface area contributed by atoms with Crippen molar-refractivity contribution < 1.29 is 19.7 Å². The van der Waals surface area contributed by atoms with Crippen LogP contribution < -0.4 is 0 Å². The van der Waals surface area contributed by atoms with Crippen LogP contribution in [0.1, 0.15) is 35.0 Å². The molecule has 2 aliphatic rings. The first kappa shape index (κ1) is 12.0. The molecule has 1 aromatic heterocycles. The van der Waals surface area contributed by atoms with E-state index in [9.17, 15) is 10.2 Å². The van der Waals surface area contributed by atoms with E-state index in [1.165, 1.54) is 0 Å². The standard InChI is InChI=1S/C12H16N2O4/c15-5-9-11-7(1-3-17-9)13-12-8(14-11)2-4-18-10(12)6-16/h9-10,15-16H,1-6H2/t9-,10-/m0/s1. The summed E-state index contributed by atoms with van der Waals surface area (Å²) in [5.74, 6) is 0. The van der Waals surface area contributed by atoms with Gasteiger partial charge < -0.3 is 19.7 Å². The van der Waals surface area contributed by atoms with E-state index in [2.05, 4.69) is 9.97 Å². The maximum atomic E-state index is 9.28. The Hall–Kier alpha value is -1.08. The SMILES string of the molecule is OC[C@@H]1OCCc2nc3c(nc21)CCO[C@H]3CO. The van der Waals surface area contributed by atoms with Gasteiger partial charge in [0.1, 0.15) is 12.2 Å². The minimum Gasteiger partial charge on any atom is -0.393 e. The van der Waals surface area contributed by atoms with Crippen molar-refractivity contribution in [2.45, 2.75) is 25.0 Å². The highest BCUT2D eigenvalue weighted by Gasteiger charge is 2.29. The van der Waals surface area contributed by atoms with Gasteiger partial charge >= 0.3 is 0 Å². The molecule has 0 unspecified atom stereocenters. The summed E-state index contributed by atoms with van der Waals surface area (Å²) in [6, 6.07) is 0. The maximum absolute atomic E-state index is 9.28. The van der Waals surface area contributed by atoms with Crippen LogP contribution in [0.2, 0.25) is 0 Å². The second-order valence-corrected chi connectivity index (χ2v) is 4.47.